The van der Waals surface area contributed by atoms with Crippen LogP contribution in [0.2, 0.25) is 0 Å². The highest BCUT2D eigenvalue weighted by molar-refractivity contribution is 7.92. The molecule has 0 aliphatic heterocycles. The predicted molar refractivity (Wildman–Crippen MR) is 69.6 cm³/mol. The quantitative estimate of drug-likeness (QED) is 0.830. The Labute approximate surface area is 110 Å². The van der Waals surface area contributed by atoms with E-state index in [0.717, 1.165) is 12.1 Å². The summed E-state index contributed by atoms with van der Waals surface area (Å²) in [5.74, 6) is -0.740. The summed E-state index contributed by atoms with van der Waals surface area (Å²) in [6.45, 7) is 1.60. The highest BCUT2D eigenvalue weighted by atomic mass is 32.2. The minimum atomic E-state index is -4.05. The van der Waals surface area contributed by atoms with Crippen LogP contribution in [0.3, 0.4) is 0 Å². The van der Waals surface area contributed by atoms with Gasteiger partial charge in [0, 0.05) is 25.0 Å². The monoisotopic (exact) mass is 284 g/mol. The summed E-state index contributed by atoms with van der Waals surface area (Å²) in [5, 5.41) is 3.86. The Kier molecular flexibility index (Phi) is 3.19. The topological polar surface area (TPSA) is 90.0 Å². The van der Waals surface area contributed by atoms with E-state index in [2.05, 4.69) is 9.82 Å². The lowest BCUT2D eigenvalue weighted by Gasteiger charge is -2.09. The van der Waals surface area contributed by atoms with Crippen LogP contribution in [0.4, 0.5) is 15.9 Å². The molecule has 0 radical (unpaired) electrons. The number of hydrogen-bond donors (Lipinski definition) is 2. The Morgan fingerprint density at radius 1 is 1.42 bits per heavy atom. The molecule has 3 N–H and O–H groups in total. The second kappa shape index (κ2) is 4.54. The number of nitrogen functional groups attached to an aromatic ring is 1. The van der Waals surface area contributed by atoms with E-state index in [4.69, 9.17) is 5.73 Å². The number of nitrogens with two attached hydrogens (primary N) is 1. The van der Waals surface area contributed by atoms with Crippen molar-refractivity contribution in [1.82, 2.24) is 9.78 Å². The first kappa shape index (κ1) is 13.3. The summed E-state index contributed by atoms with van der Waals surface area (Å²) in [6, 6.07) is 3.64. The fourth-order valence-corrected chi connectivity index (χ4v) is 2.63. The average Bonchev–Trinajstić information content (AvgIpc) is 2.68. The van der Waals surface area contributed by atoms with Crippen LogP contribution in [-0.4, -0.2) is 18.2 Å². The zero-order valence-corrected chi connectivity index (χ0v) is 11.2. The van der Waals surface area contributed by atoms with Crippen LogP contribution in [0.15, 0.2) is 29.3 Å². The number of aromatic nitrogens is 2. The van der Waals surface area contributed by atoms with Crippen molar-refractivity contribution in [1.29, 1.82) is 0 Å². The van der Waals surface area contributed by atoms with E-state index in [1.165, 1.54) is 10.7 Å². The summed E-state index contributed by atoms with van der Waals surface area (Å²) in [7, 11) is -2.41. The van der Waals surface area contributed by atoms with Gasteiger partial charge in [-0.2, -0.15) is 5.10 Å². The van der Waals surface area contributed by atoms with E-state index in [9.17, 15) is 12.8 Å². The van der Waals surface area contributed by atoms with Gasteiger partial charge in [-0.1, -0.05) is 0 Å². The van der Waals surface area contributed by atoms with Crippen molar-refractivity contribution < 1.29 is 12.8 Å². The molecule has 0 unspecified atom stereocenters. The molecule has 0 aliphatic carbocycles. The lowest BCUT2D eigenvalue weighted by molar-refractivity contribution is 0.570. The number of rotatable bonds is 3. The maximum atomic E-state index is 13.7. The number of anilines is 2. The van der Waals surface area contributed by atoms with Crippen molar-refractivity contribution in [2.45, 2.75) is 11.8 Å². The summed E-state index contributed by atoms with van der Waals surface area (Å²) in [5.41, 5.74) is 6.30. The van der Waals surface area contributed by atoms with Crippen LogP contribution in [-0.2, 0) is 17.1 Å². The lowest BCUT2D eigenvalue weighted by atomic mass is 10.2. The number of nitrogens with zero attached hydrogens (tertiary/aromatic N) is 2. The molecule has 1 aromatic carbocycles. The van der Waals surface area contributed by atoms with Crippen molar-refractivity contribution in [2.75, 3.05) is 10.5 Å². The molecule has 8 heteroatoms. The minimum absolute atomic E-state index is 0.112. The van der Waals surface area contributed by atoms with Gasteiger partial charge in [0.15, 0.2) is 5.82 Å². The molecule has 1 aromatic heterocycles. The second-order valence-corrected chi connectivity index (χ2v) is 5.77. The lowest BCUT2D eigenvalue weighted by Crippen LogP contribution is -2.16. The number of aryl methyl sites for hydroxylation is 2. The minimum Gasteiger partial charge on any atom is -0.398 e. The van der Waals surface area contributed by atoms with Gasteiger partial charge in [0.05, 0.1) is 0 Å². The second-order valence-electron chi connectivity index (χ2n) is 4.12. The first-order chi connectivity index (χ1) is 8.79. The molecule has 6 nitrogen and oxygen atoms in total. The number of halogens is 1. The van der Waals surface area contributed by atoms with Gasteiger partial charge in [-0.25, -0.2) is 12.8 Å². The molecular weight excluding hydrogens is 271 g/mol. The van der Waals surface area contributed by atoms with Crippen LogP contribution >= 0.6 is 0 Å². The van der Waals surface area contributed by atoms with Crippen LogP contribution in [0.1, 0.15) is 5.56 Å². The largest absolute Gasteiger partial charge is 0.398 e. The number of hydrogen-bond acceptors (Lipinski definition) is 4. The van der Waals surface area contributed by atoms with Crippen molar-refractivity contribution >= 4 is 21.5 Å². The fraction of sp³-hybridized carbons (Fsp3) is 0.182. The van der Waals surface area contributed by atoms with Crippen LogP contribution in [0.25, 0.3) is 0 Å². The Morgan fingerprint density at radius 2 is 2.11 bits per heavy atom. The smallest absolute Gasteiger partial charge is 0.266 e. The van der Waals surface area contributed by atoms with E-state index in [-0.39, 0.29) is 11.5 Å². The molecule has 0 saturated heterocycles. The molecule has 0 amide bonds. The molecule has 0 atom stereocenters. The molecule has 2 rings (SSSR count). The van der Waals surface area contributed by atoms with E-state index in [0.29, 0.717) is 5.56 Å². The summed E-state index contributed by atoms with van der Waals surface area (Å²) in [4.78, 5) is -0.499. The normalized spacial score (nSPS) is 11.5. The third kappa shape index (κ3) is 2.68. The van der Waals surface area contributed by atoms with E-state index >= 15 is 0 Å². The van der Waals surface area contributed by atoms with Gasteiger partial charge in [0.2, 0.25) is 0 Å². The van der Waals surface area contributed by atoms with E-state index in [1.54, 1.807) is 20.2 Å². The molecule has 0 fully saturated rings. The molecule has 102 valence electrons. The number of nitrogens with one attached hydrogen (secondary N) is 1. The Bertz CT molecular complexity index is 724. The van der Waals surface area contributed by atoms with E-state index < -0.39 is 20.7 Å². The average molecular weight is 284 g/mol. The summed E-state index contributed by atoms with van der Waals surface area (Å²) >= 11 is 0. The van der Waals surface area contributed by atoms with Crippen molar-refractivity contribution in [3.63, 3.8) is 0 Å². The maximum absolute atomic E-state index is 13.7. The molecule has 2 aromatic rings. The van der Waals surface area contributed by atoms with Gasteiger partial charge >= 0.3 is 0 Å². The van der Waals surface area contributed by atoms with Crippen molar-refractivity contribution in [2.24, 2.45) is 7.05 Å². The summed E-state index contributed by atoms with van der Waals surface area (Å²) < 4.78 is 41.4. The Balaban J connectivity index is 2.42. The van der Waals surface area contributed by atoms with Gasteiger partial charge in [0.1, 0.15) is 10.7 Å². The van der Waals surface area contributed by atoms with Gasteiger partial charge < -0.3 is 5.73 Å². The van der Waals surface area contributed by atoms with Gasteiger partial charge in [0.25, 0.3) is 10.0 Å². The van der Waals surface area contributed by atoms with Crippen molar-refractivity contribution in [3.05, 3.63) is 35.8 Å². The molecule has 1 heterocycles. The Hall–Kier alpha value is -2.09. The molecule has 0 spiro atoms. The first-order valence-electron chi connectivity index (χ1n) is 5.37. The summed E-state index contributed by atoms with van der Waals surface area (Å²) in [6.07, 6.45) is 1.57. The van der Waals surface area contributed by atoms with Gasteiger partial charge in [-0.15, -0.1) is 0 Å². The van der Waals surface area contributed by atoms with Gasteiger partial charge in [-0.05, 0) is 24.6 Å². The van der Waals surface area contributed by atoms with Crippen LogP contribution in [0, 0.1) is 12.7 Å². The molecule has 0 aliphatic rings. The molecule has 19 heavy (non-hydrogen) atoms. The van der Waals surface area contributed by atoms with Gasteiger partial charge in [-0.3, -0.25) is 9.40 Å². The standard InChI is InChI=1S/C11H13FN4O2S/c1-7-5-8(12)10(6-9(7)13)19(17,18)15-11-3-4-16(2)14-11/h3-6H,13H2,1-2H3,(H,14,15). The number of sulfonamides is 1. The fourth-order valence-electron chi connectivity index (χ4n) is 1.54. The zero-order chi connectivity index (χ0) is 14.2. The van der Waals surface area contributed by atoms with Crippen molar-refractivity contribution in [3.8, 4) is 0 Å². The van der Waals surface area contributed by atoms with Crippen LogP contribution in [0.5, 0.6) is 0 Å². The predicted octanol–water partition coefficient (Wildman–Crippen LogP) is 1.25. The molecular formula is C11H13FN4O2S. The highest BCUT2D eigenvalue weighted by Gasteiger charge is 2.21. The third-order valence-electron chi connectivity index (χ3n) is 2.56. The third-order valence-corrected chi connectivity index (χ3v) is 3.93. The Morgan fingerprint density at radius 3 is 2.68 bits per heavy atom. The number of benzene rings is 1. The molecule has 0 saturated carbocycles. The van der Waals surface area contributed by atoms with E-state index in [1.807, 2.05) is 0 Å². The maximum Gasteiger partial charge on any atom is 0.266 e. The highest BCUT2D eigenvalue weighted by Crippen LogP contribution is 2.23. The SMILES string of the molecule is Cc1cc(F)c(S(=O)(=O)Nc2ccn(C)n2)cc1N. The zero-order valence-electron chi connectivity index (χ0n) is 10.4. The molecule has 0 bridgehead atoms. The first-order valence-corrected chi connectivity index (χ1v) is 6.86. The van der Waals surface area contributed by atoms with Crippen LogP contribution < -0.4 is 10.5 Å².